The molecule has 1 aromatic heterocycles. The monoisotopic (exact) mass is 250 g/mol. The third-order valence-corrected chi connectivity index (χ3v) is 2.14. The van der Waals surface area contributed by atoms with Gasteiger partial charge in [-0.2, -0.15) is 0 Å². The number of nitrogens with zero attached hydrogens (tertiary/aromatic N) is 1. The fourth-order valence-electron chi connectivity index (χ4n) is 1.06. The zero-order valence-electron chi connectivity index (χ0n) is 8.84. The standard InChI is InChI=1S/C10H13ClF2N2O/c1-2-14-5-8-7(11)3-4-10(15-8)16-6-9(12)13/h3-4,9,14H,2,5-6H2,1H3. The number of halogens is 3. The van der Waals surface area contributed by atoms with E-state index >= 15 is 0 Å². The van der Waals surface area contributed by atoms with Crippen LogP contribution in [0.4, 0.5) is 8.78 Å². The molecule has 0 saturated heterocycles. The summed E-state index contributed by atoms with van der Waals surface area (Å²) in [4.78, 5) is 4.03. The number of hydrogen-bond acceptors (Lipinski definition) is 3. The SMILES string of the molecule is CCNCc1nc(OCC(F)F)ccc1Cl. The van der Waals surface area contributed by atoms with Crippen LogP contribution in [0.5, 0.6) is 5.88 Å². The number of aromatic nitrogens is 1. The Morgan fingerprint density at radius 1 is 1.50 bits per heavy atom. The van der Waals surface area contributed by atoms with Crippen LogP contribution in [-0.4, -0.2) is 24.6 Å². The zero-order chi connectivity index (χ0) is 12.0. The summed E-state index contributed by atoms with van der Waals surface area (Å²) in [7, 11) is 0. The molecule has 90 valence electrons. The molecule has 0 fully saturated rings. The molecule has 0 radical (unpaired) electrons. The van der Waals surface area contributed by atoms with E-state index in [0.717, 1.165) is 6.54 Å². The summed E-state index contributed by atoms with van der Waals surface area (Å²) in [5, 5.41) is 3.54. The van der Waals surface area contributed by atoms with E-state index in [0.29, 0.717) is 17.3 Å². The largest absolute Gasteiger partial charge is 0.472 e. The molecular formula is C10H13ClF2N2O. The van der Waals surface area contributed by atoms with Crippen LogP contribution in [0.2, 0.25) is 5.02 Å². The van der Waals surface area contributed by atoms with E-state index in [-0.39, 0.29) is 5.88 Å². The summed E-state index contributed by atoms with van der Waals surface area (Å²) < 4.78 is 28.6. The predicted molar refractivity (Wildman–Crippen MR) is 58.1 cm³/mol. The maximum atomic E-state index is 11.9. The van der Waals surface area contributed by atoms with Gasteiger partial charge in [-0.25, -0.2) is 13.8 Å². The second-order valence-corrected chi connectivity index (χ2v) is 3.47. The fourth-order valence-corrected chi connectivity index (χ4v) is 1.23. The van der Waals surface area contributed by atoms with E-state index in [4.69, 9.17) is 16.3 Å². The van der Waals surface area contributed by atoms with E-state index in [1.54, 1.807) is 6.07 Å². The Labute approximate surface area is 97.8 Å². The molecule has 0 bridgehead atoms. The lowest BCUT2D eigenvalue weighted by atomic mass is 10.3. The Hall–Kier alpha value is -0.940. The molecule has 0 aromatic carbocycles. The van der Waals surface area contributed by atoms with Crippen molar-refractivity contribution in [1.82, 2.24) is 10.3 Å². The highest BCUT2D eigenvalue weighted by molar-refractivity contribution is 6.31. The average molecular weight is 251 g/mol. The minimum absolute atomic E-state index is 0.164. The van der Waals surface area contributed by atoms with Gasteiger partial charge in [0.1, 0.15) is 0 Å². The van der Waals surface area contributed by atoms with E-state index in [2.05, 4.69) is 10.3 Å². The zero-order valence-corrected chi connectivity index (χ0v) is 9.60. The Morgan fingerprint density at radius 2 is 2.25 bits per heavy atom. The van der Waals surface area contributed by atoms with Crippen molar-refractivity contribution in [2.45, 2.75) is 19.9 Å². The van der Waals surface area contributed by atoms with Gasteiger partial charge in [-0.05, 0) is 12.6 Å². The van der Waals surface area contributed by atoms with Gasteiger partial charge in [-0.15, -0.1) is 0 Å². The Kier molecular flexibility index (Phi) is 5.42. The minimum Gasteiger partial charge on any atom is -0.472 e. The molecular weight excluding hydrogens is 238 g/mol. The molecule has 0 aliphatic heterocycles. The van der Waals surface area contributed by atoms with Gasteiger partial charge in [0.2, 0.25) is 5.88 Å². The molecule has 1 N–H and O–H groups in total. The Morgan fingerprint density at radius 3 is 2.88 bits per heavy atom. The van der Waals surface area contributed by atoms with Crippen molar-refractivity contribution >= 4 is 11.6 Å². The van der Waals surface area contributed by atoms with Crippen molar-refractivity contribution in [2.24, 2.45) is 0 Å². The second kappa shape index (κ2) is 6.60. The molecule has 0 saturated carbocycles. The third-order valence-electron chi connectivity index (χ3n) is 1.79. The highest BCUT2D eigenvalue weighted by Crippen LogP contribution is 2.18. The predicted octanol–water partition coefficient (Wildman–Crippen LogP) is 2.49. The molecule has 0 aliphatic rings. The van der Waals surface area contributed by atoms with Crippen LogP contribution in [0.25, 0.3) is 0 Å². The molecule has 0 aliphatic carbocycles. The molecule has 3 nitrogen and oxygen atoms in total. The van der Waals surface area contributed by atoms with Gasteiger partial charge in [0, 0.05) is 12.6 Å². The number of ether oxygens (including phenoxy) is 1. The van der Waals surface area contributed by atoms with Gasteiger partial charge in [-0.3, -0.25) is 0 Å². The van der Waals surface area contributed by atoms with Gasteiger partial charge in [0.15, 0.2) is 6.61 Å². The first-order chi connectivity index (χ1) is 7.63. The van der Waals surface area contributed by atoms with Crippen molar-refractivity contribution in [3.63, 3.8) is 0 Å². The summed E-state index contributed by atoms with van der Waals surface area (Å²) in [5.74, 6) is 0.164. The lowest BCUT2D eigenvalue weighted by molar-refractivity contribution is 0.0795. The first-order valence-electron chi connectivity index (χ1n) is 4.90. The van der Waals surface area contributed by atoms with Crippen LogP contribution >= 0.6 is 11.6 Å². The third kappa shape index (κ3) is 4.28. The molecule has 1 rings (SSSR count). The van der Waals surface area contributed by atoms with Crippen LogP contribution in [0.15, 0.2) is 12.1 Å². The van der Waals surface area contributed by atoms with Crippen LogP contribution in [-0.2, 0) is 6.54 Å². The van der Waals surface area contributed by atoms with Crippen LogP contribution in [0.3, 0.4) is 0 Å². The summed E-state index contributed by atoms with van der Waals surface area (Å²) in [5.41, 5.74) is 0.593. The van der Waals surface area contributed by atoms with Crippen molar-refractivity contribution in [1.29, 1.82) is 0 Å². The molecule has 1 aromatic rings. The average Bonchev–Trinajstić information content (AvgIpc) is 2.26. The van der Waals surface area contributed by atoms with Gasteiger partial charge in [0.25, 0.3) is 6.43 Å². The number of pyridine rings is 1. The summed E-state index contributed by atoms with van der Waals surface area (Å²) in [6.45, 7) is 2.56. The summed E-state index contributed by atoms with van der Waals surface area (Å²) in [6.07, 6.45) is -2.50. The van der Waals surface area contributed by atoms with Gasteiger partial charge in [0.05, 0.1) is 10.7 Å². The van der Waals surface area contributed by atoms with Crippen molar-refractivity contribution < 1.29 is 13.5 Å². The Balaban J connectivity index is 2.65. The maximum absolute atomic E-state index is 11.9. The minimum atomic E-state index is -2.50. The first-order valence-corrected chi connectivity index (χ1v) is 5.28. The number of rotatable bonds is 6. The highest BCUT2D eigenvalue weighted by atomic mass is 35.5. The van der Waals surface area contributed by atoms with E-state index in [9.17, 15) is 8.78 Å². The quantitative estimate of drug-likeness (QED) is 0.842. The van der Waals surface area contributed by atoms with Gasteiger partial charge < -0.3 is 10.1 Å². The van der Waals surface area contributed by atoms with Crippen LogP contribution in [0, 0.1) is 0 Å². The lowest BCUT2D eigenvalue weighted by Gasteiger charge is -2.08. The van der Waals surface area contributed by atoms with Crippen molar-refractivity contribution in [2.75, 3.05) is 13.2 Å². The lowest BCUT2D eigenvalue weighted by Crippen LogP contribution is -2.14. The number of alkyl halides is 2. The molecule has 6 heteroatoms. The van der Waals surface area contributed by atoms with Crippen molar-refractivity contribution in [3.8, 4) is 5.88 Å². The summed E-state index contributed by atoms with van der Waals surface area (Å²) in [6, 6.07) is 3.06. The number of hydrogen-bond donors (Lipinski definition) is 1. The Bertz CT molecular complexity index is 337. The van der Waals surface area contributed by atoms with Crippen LogP contribution in [0.1, 0.15) is 12.6 Å². The number of nitrogens with one attached hydrogen (secondary N) is 1. The molecule has 0 unspecified atom stereocenters. The molecule has 1 heterocycles. The first kappa shape index (κ1) is 13.1. The highest BCUT2D eigenvalue weighted by Gasteiger charge is 2.07. The van der Waals surface area contributed by atoms with E-state index < -0.39 is 13.0 Å². The molecule has 16 heavy (non-hydrogen) atoms. The van der Waals surface area contributed by atoms with Crippen LogP contribution < -0.4 is 10.1 Å². The maximum Gasteiger partial charge on any atom is 0.272 e. The topological polar surface area (TPSA) is 34.2 Å². The van der Waals surface area contributed by atoms with E-state index in [1.807, 2.05) is 6.92 Å². The van der Waals surface area contributed by atoms with E-state index in [1.165, 1.54) is 6.07 Å². The second-order valence-electron chi connectivity index (χ2n) is 3.06. The van der Waals surface area contributed by atoms with Crippen molar-refractivity contribution in [3.05, 3.63) is 22.8 Å². The molecule has 0 spiro atoms. The van der Waals surface area contributed by atoms with Gasteiger partial charge >= 0.3 is 0 Å². The molecule has 0 atom stereocenters. The fraction of sp³-hybridized carbons (Fsp3) is 0.500. The normalized spacial score (nSPS) is 10.8. The smallest absolute Gasteiger partial charge is 0.272 e. The summed E-state index contributed by atoms with van der Waals surface area (Å²) >= 11 is 5.89. The molecule has 0 amide bonds. The van der Waals surface area contributed by atoms with Gasteiger partial charge in [-0.1, -0.05) is 18.5 Å².